The molecule has 3 N–H and O–H groups in total. The molecular formula is C14H9Cl2F3N2O. The van der Waals surface area contributed by atoms with Crippen molar-refractivity contribution in [3.05, 3.63) is 57.6 Å². The third-order valence-electron chi connectivity index (χ3n) is 2.80. The molecule has 0 atom stereocenters. The Morgan fingerprint density at radius 2 is 1.73 bits per heavy atom. The monoisotopic (exact) mass is 348 g/mol. The van der Waals surface area contributed by atoms with Crippen LogP contribution in [0.3, 0.4) is 0 Å². The van der Waals surface area contributed by atoms with E-state index in [4.69, 9.17) is 28.9 Å². The summed E-state index contributed by atoms with van der Waals surface area (Å²) < 4.78 is 38.3. The van der Waals surface area contributed by atoms with Gasteiger partial charge in [0.05, 0.1) is 15.6 Å². The minimum absolute atomic E-state index is 0.0300. The van der Waals surface area contributed by atoms with Gasteiger partial charge in [-0.15, -0.1) is 0 Å². The molecule has 0 aliphatic heterocycles. The van der Waals surface area contributed by atoms with Crippen LogP contribution < -0.4 is 11.1 Å². The molecule has 22 heavy (non-hydrogen) atoms. The van der Waals surface area contributed by atoms with Crippen molar-refractivity contribution in [1.82, 2.24) is 0 Å². The Labute approximate surface area is 133 Å². The summed E-state index contributed by atoms with van der Waals surface area (Å²) in [5.74, 6) is -0.614. The van der Waals surface area contributed by atoms with Gasteiger partial charge in [0.1, 0.15) is 0 Å². The average molecular weight is 349 g/mol. The van der Waals surface area contributed by atoms with Crippen LogP contribution in [0.25, 0.3) is 0 Å². The highest BCUT2D eigenvalue weighted by atomic mass is 35.5. The van der Waals surface area contributed by atoms with Crippen molar-refractivity contribution in [1.29, 1.82) is 0 Å². The van der Waals surface area contributed by atoms with Gasteiger partial charge < -0.3 is 11.1 Å². The first kappa shape index (κ1) is 16.5. The molecule has 0 unspecified atom stereocenters. The Balaban J connectivity index is 2.27. The smallest absolute Gasteiger partial charge is 0.398 e. The van der Waals surface area contributed by atoms with E-state index in [1.165, 1.54) is 24.3 Å². The van der Waals surface area contributed by atoms with Gasteiger partial charge in [0.2, 0.25) is 0 Å². The molecule has 0 saturated heterocycles. The van der Waals surface area contributed by atoms with E-state index in [9.17, 15) is 18.0 Å². The summed E-state index contributed by atoms with van der Waals surface area (Å²) in [5, 5.41) is 2.79. The quantitative estimate of drug-likeness (QED) is 0.762. The van der Waals surface area contributed by atoms with Gasteiger partial charge in [-0.25, -0.2) is 0 Å². The van der Waals surface area contributed by atoms with Crippen molar-refractivity contribution in [2.24, 2.45) is 0 Å². The van der Waals surface area contributed by atoms with Gasteiger partial charge in [-0.3, -0.25) is 4.79 Å². The van der Waals surface area contributed by atoms with Gasteiger partial charge in [-0.1, -0.05) is 23.2 Å². The zero-order valence-corrected chi connectivity index (χ0v) is 12.4. The van der Waals surface area contributed by atoms with Crippen LogP contribution in [0.2, 0.25) is 10.0 Å². The number of alkyl halides is 3. The van der Waals surface area contributed by atoms with Gasteiger partial charge in [0.15, 0.2) is 0 Å². The van der Waals surface area contributed by atoms with E-state index < -0.39 is 23.3 Å². The number of rotatable bonds is 2. The fourth-order valence-corrected chi connectivity index (χ4v) is 2.02. The van der Waals surface area contributed by atoms with Gasteiger partial charge in [-0.05, 0) is 36.4 Å². The zero-order chi connectivity index (χ0) is 16.5. The Kier molecular flexibility index (Phi) is 4.53. The summed E-state index contributed by atoms with van der Waals surface area (Å²) in [7, 11) is 0. The lowest BCUT2D eigenvalue weighted by Gasteiger charge is -2.12. The molecule has 0 saturated carbocycles. The Morgan fingerprint density at radius 1 is 1.05 bits per heavy atom. The van der Waals surface area contributed by atoms with Gasteiger partial charge in [0.25, 0.3) is 5.91 Å². The highest BCUT2D eigenvalue weighted by molar-refractivity contribution is 6.42. The Hall–Kier alpha value is -1.92. The third kappa shape index (κ3) is 3.64. The van der Waals surface area contributed by atoms with Crippen molar-refractivity contribution < 1.29 is 18.0 Å². The summed E-state index contributed by atoms with van der Waals surface area (Å²) in [5.41, 5.74) is 3.99. The molecule has 0 heterocycles. The van der Waals surface area contributed by atoms with Crippen LogP contribution >= 0.6 is 23.2 Å². The number of nitrogens with one attached hydrogen (secondary N) is 1. The molecule has 0 aliphatic rings. The summed E-state index contributed by atoms with van der Waals surface area (Å²) in [4.78, 5) is 12.0. The first-order valence-corrected chi connectivity index (χ1v) is 6.67. The first-order valence-electron chi connectivity index (χ1n) is 5.91. The fourth-order valence-electron chi connectivity index (χ4n) is 1.72. The second kappa shape index (κ2) is 6.06. The summed E-state index contributed by atoms with van der Waals surface area (Å²) in [6.45, 7) is 0. The number of benzene rings is 2. The van der Waals surface area contributed by atoms with Crippen LogP contribution in [0.1, 0.15) is 15.9 Å². The Bertz CT molecular complexity index is 733. The largest absolute Gasteiger partial charge is 0.418 e. The van der Waals surface area contributed by atoms with Crippen LogP contribution in [0, 0.1) is 0 Å². The molecule has 0 aliphatic carbocycles. The number of nitrogens with two attached hydrogens (primary N) is 1. The standard InChI is InChI=1S/C14H9Cl2F3N2O/c15-10-3-1-7(5-11(10)16)13(22)21-8-2-4-12(20)9(6-8)14(17,18)19/h1-6H,20H2,(H,21,22). The number of anilines is 2. The zero-order valence-electron chi connectivity index (χ0n) is 10.8. The SMILES string of the molecule is Nc1ccc(NC(=O)c2ccc(Cl)c(Cl)c2)cc1C(F)(F)F. The van der Waals surface area contributed by atoms with Crippen LogP contribution in [0.4, 0.5) is 24.5 Å². The van der Waals surface area contributed by atoms with E-state index in [0.29, 0.717) is 0 Å². The molecule has 0 fully saturated rings. The number of amides is 1. The molecule has 0 aromatic heterocycles. The minimum Gasteiger partial charge on any atom is -0.398 e. The van der Waals surface area contributed by atoms with Gasteiger partial charge >= 0.3 is 6.18 Å². The highest BCUT2D eigenvalue weighted by Gasteiger charge is 2.33. The van der Waals surface area contributed by atoms with Crippen molar-refractivity contribution in [3.63, 3.8) is 0 Å². The maximum absolute atomic E-state index is 12.8. The molecule has 3 nitrogen and oxygen atoms in total. The van der Waals surface area contributed by atoms with Gasteiger partial charge in [0, 0.05) is 16.9 Å². The van der Waals surface area contributed by atoms with Crippen molar-refractivity contribution in [2.45, 2.75) is 6.18 Å². The lowest BCUT2D eigenvalue weighted by atomic mass is 10.1. The van der Waals surface area contributed by atoms with E-state index in [1.54, 1.807) is 0 Å². The van der Waals surface area contributed by atoms with Crippen LogP contribution in [-0.2, 0) is 6.18 Å². The van der Waals surface area contributed by atoms with E-state index in [0.717, 1.165) is 12.1 Å². The summed E-state index contributed by atoms with van der Waals surface area (Å²) in [6.07, 6.45) is -4.60. The molecule has 0 spiro atoms. The van der Waals surface area contributed by atoms with E-state index in [-0.39, 0.29) is 21.3 Å². The van der Waals surface area contributed by atoms with Crippen LogP contribution in [0.15, 0.2) is 36.4 Å². The second-order valence-electron chi connectivity index (χ2n) is 4.38. The lowest BCUT2D eigenvalue weighted by molar-refractivity contribution is -0.136. The van der Waals surface area contributed by atoms with Crippen molar-refractivity contribution in [2.75, 3.05) is 11.1 Å². The molecule has 116 valence electrons. The molecule has 0 radical (unpaired) electrons. The third-order valence-corrected chi connectivity index (χ3v) is 3.54. The minimum atomic E-state index is -4.60. The van der Waals surface area contributed by atoms with Crippen LogP contribution in [-0.4, -0.2) is 5.91 Å². The van der Waals surface area contributed by atoms with E-state index >= 15 is 0 Å². The van der Waals surface area contributed by atoms with Crippen molar-refractivity contribution in [3.8, 4) is 0 Å². The topological polar surface area (TPSA) is 55.1 Å². The maximum atomic E-state index is 12.8. The normalized spacial score (nSPS) is 11.3. The fraction of sp³-hybridized carbons (Fsp3) is 0.0714. The molecule has 2 rings (SSSR count). The van der Waals surface area contributed by atoms with Crippen LogP contribution in [0.5, 0.6) is 0 Å². The number of nitrogen functional groups attached to an aromatic ring is 1. The number of hydrogen-bond acceptors (Lipinski definition) is 2. The molecular weight excluding hydrogens is 340 g/mol. The molecule has 2 aromatic carbocycles. The predicted molar refractivity (Wildman–Crippen MR) is 80.3 cm³/mol. The van der Waals surface area contributed by atoms with Gasteiger partial charge in [-0.2, -0.15) is 13.2 Å². The molecule has 2 aromatic rings. The predicted octanol–water partition coefficient (Wildman–Crippen LogP) is 4.85. The average Bonchev–Trinajstić information content (AvgIpc) is 2.42. The molecule has 0 bridgehead atoms. The number of carbonyl (C=O) groups excluding carboxylic acids is 1. The maximum Gasteiger partial charge on any atom is 0.418 e. The van der Waals surface area contributed by atoms with E-state index in [1.807, 2.05) is 0 Å². The molecule has 8 heteroatoms. The lowest BCUT2D eigenvalue weighted by Crippen LogP contribution is -2.14. The second-order valence-corrected chi connectivity index (χ2v) is 5.20. The highest BCUT2D eigenvalue weighted by Crippen LogP contribution is 2.35. The molecule has 1 amide bonds. The number of hydrogen-bond donors (Lipinski definition) is 2. The van der Waals surface area contributed by atoms with Crippen molar-refractivity contribution >= 4 is 40.5 Å². The first-order chi connectivity index (χ1) is 10.2. The Morgan fingerprint density at radius 3 is 2.32 bits per heavy atom. The number of carbonyl (C=O) groups is 1. The summed E-state index contributed by atoms with van der Waals surface area (Å²) in [6, 6.07) is 7.27. The number of halogens is 5. The van der Waals surface area contributed by atoms with E-state index in [2.05, 4.69) is 5.32 Å². The summed E-state index contributed by atoms with van der Waals surface area (Å²) >= 11 is 11.5.